The molecule has 16 amide bonds. The predicted molar refractivity (Wildman–Crippen MR) is 472 cm³/mol. The highest BCUT2D eigenvalue weighted by molar-refractivity contribution is 8.00. The summed E-state index contributed by atoms with van der Waals surface area (Å²) < 4.78 is 0. The Balaban J connectivity index is 1.18. The van der Waals surface area contributed by atoms with Crippen LogP contribution in [-0.2, 0) is 106 Å². The standard InChI is InChI=1S/C86H121N21O21S/c1-7-9-20-65-80(122)100-63(39-89)79(121)102-64(76(118)94-42-71(91)112)44-129-45-72(113)95-59(32-47-23-25-51(108)26-24-47)82(124)103(4)46(3)74(116)98-61(37-70(90)111)85(127)106-31-15-22-66(106)81(123)101-62(38-88)78(120)97-58(27-28-73(114)115)84(126)107-43-52(109)36-68(107)69(110)35-48(33-49-40-92-55-18-13-11-16-53(49)55)75(117)96-57(29-30-87)77(119)99-60(34-50-41-93-56-19-14-12-17-54(50)56)83(125)105(6)67(21-10-8-2)86(128)104(65)5/h11-14,16-19,23-26,40-41,46,48,52,57-68,92-93,108-109H,7-10,15,20-22,27-39,42-45,87-89H2,1-6H3,(H2,90,111)(H2,91,112)(H,94,118)(H,95,113)(H,96,117)(H,97,120)(H,98,116)(H,99,119)(H,100,122)(H,101,123)(H,102,121)(H,114,115)/t46-,48+,52+,57-,58-,59-,60-,61-,62-,63-,64-,65-,66-,67-,68-/m0/s1. The number of nitrogens with one attached hydrogen (secondary N) is 11. The average molecular weight is 1820 g/mol. The van der Waals surface area contributed by atoms with Crippen LogP contribution in [0, 0.1) is 5.92 Å². The molecule has 24 N–H and O–H groups in total. The molecule has 0 spiro atoms. The molecule has 15 atom stereocenters. The molecule has 2 aromatic heterocycles. The lowest BCUT2D eigenvalue weighted by Gasteiger charge is -2.36. The van der Waals surface area contributed by atoms with Gasteiger partial charge < -0.3 is 126 Å². The number of likely N-dealkylation sites (N-methyl/N-ethyl adjacent to an activating group) is 3. The number of aromatic amines is 2. The van der Waals surface area contributed by atoms with Gasteiger partial charge in [-0.3, -0.25) is 86.3 Å². The Kier molecular flexibility index (Phi) is 38.3. The normalized spacial score (nSPS) is 25.4. The summed E-state index contributed by atoms with van der Waals surface area (Å²) in [4.78, 5) is 271. The molecular formula is C86H121N21O21S. The number of hydrogen-bond donors (Lipinski definition) is 19. The van der Waals surface area contributed by atoms with Crippen molar-refractivity contribution < 1.29 is 102 Å². The number of phenols is 1. The lowest BCUT2D eigenvalue weighted by molar-refractivity contribution is -0.149. The van der Waals surface area contributed by atoms with E-state index in [-0.39, 0.29) is 70.2 Å². The molecule has 5 aromatic rings. The fourth-order valence-electron chi connectivity index (χ4n) is 16.0. The fourth-order valence-corrected chi connectivity index (χ4v) is 16.8. The number of fused-ring (bicyclic) bond motifs is 4. The van der Waals surface area contributed by atoms with Crippen molar-refractivity contribution in [3.8, 4) is 5.75 Å². The zero-order valence-electron chi connectivity index (χ0n) is 73.1. The molecule has 0 saturated carbocycles. The van der Waals surface area contributed by atoms with E-state index < -0.39 is 267 Å². The number of aromatic nitrogens is 2. The predicted octanol–water partition coefficient (Wildman–Crippen LogP) is -3.97. The molecule has 0 unspecified atom stereocenters. The molecule has 702 valence electrons. The maximum absolute atomic E-state index is 15.7. The van der Waals surface area contributed by atoms with Crippen LogP contribution < -0.4 is 76.5 Å². The number of thioether (sulfide) groups is 1. The highest BCUT2D eigenvalue weighted by atomic mass is 32.2. The van der Waals surface area contributed by atoms with Crippen LogP contribution in [0.1, 0.15) is 127 Å². The van der Waals surface area contributed by atoms with E-state index in [1.165, 1.54) is 52.3 Å². The number of carboxylic acid groups (broad SMARTS) is 1. The first-order valence-electron chi connectivity index (χ1n) is 43.1. The van der Waals surface area contributed by atoms with E-state index >= 15 is 28.8 Å². The Morgan fingerprint density at radius 1 is 0.535 bits per heavy atom. The van der Waals surface area contributed by atoms with Crippen LogP contribution >= 0.6 is 11.8 Å². The second-order valence-corrected chi connectivity index (χ2v) is 33.7. The lowest BCUT2D eigenvalue weighted by atomic mass is 9.90. The summed E-state index contributed by atoms with van der Waals surface area (Å²) >= 11 is 0.751. The van der Waals surface area contributed by atoms with Crippen molar-refractivity contribution >= 4 is 140 Å². The number of carbonyl (C=O) groups is 18. The average Bonchev–Trinajstić information content (AvgIpc) is 1.63. The molecule has 3 fully saturated rings. The van der Waals surface area contributed by atoms with Gasteiger partial charge in [-0.05, 0) is 99.4 Å². The van der Waals surface area contributed by atoms with Crippen molar-refractivity contribution in [3.63, 3.8) is 0 Å². The van der Waals surface area contributed by atoms with Gasteiger partial charge in [-0.2, -0.15) is 0 Å². The highest BCUT2D eigenvalue weighted by Crippen LogP contribution is 2.30. The monoisotopic (exact) mass is 1820 g/mol. The van der Waals surface area contributed by atoms with E-state index in [0.717, 1.165) is 36.3 Å². The topological polar surface area (TPSA) is 654 Å². The van der Waals surface area contributed by atoms with Crippen molar-refractivity contribution in [3.05, 3.63) is 102 Å². The summed E-state index contributed by atoms with van der Waals surface area (Å²) in [6.45, 7) is 1.98. The third-order valence-corrected chi connectivity index (χ3v) is 24.4. The van der Waals surface area contributed by atoms with E-state index in [1.807, 2.05) is 13.8 Å². The van der Waals surface area contributed by atoms with Crippen LogP contribution in [0.2, 0.25) is 0 Å². The van der Waals surface area contributed by atoms with E-state index in [1.54, 1.807) is 60.9 Å². The Morgan fingerprint density at radius 2 is 1.07 bits per heavy atom. The molecule has 3 aromatic carbocycles. The summed E-state index contributed by atoms with van der Waals surface area (Å²) in [5.74, 6) is -20.2. The number of benzene rings is 3. The number of carbonyl (C=O) groups excluding carboxylic acids is 17. The minimum Gasteiger partial charge on any atom is -0.508 e. The number of primary amides is 2. The van der Waals surface area contributed by atoms with Crippen molar-refractivity contribution in [1.82, 2.24) is 82.3 Å². The lowest BCUT2D eigenvalue weighted by Crippen LogP contribution is -2.61. The molecule has 0 bridgehead atoms. The summed E-state index contributed by atoms with van der Waals surface area (Å²) in [6, 6.07) is -0.733. The zero-order valence-corrected chi connectivity index (χ0v) is 74.0. The quantitative estimate of drug-likeness (QED) is 0.0280. The van der Waals surface area contributed by atoms with Crippen molar-refractivity contribution in [2.24, 2.45) is 34.6 Å². The summed E-state index contributed by atoms with van der Waals surface area (Å²) in [6.07, 6.45) is -0.669. The van der Waals surface area contributed by atoms with Crippen LogP contribution in [0.3, 0.4) is 0 Å². The van der Waals surface area contributed by atoms with Gasteiger partial charge >= 0.3 is 5.97 Å². The maximum Gasteiger partial charge on any atom is 0.303 e. The number of unbranched alkanes of at least 4 members (excludes halogenated alkanes) is 2. The number of nitrogens with two attached hydrogens (primary N) is 5. The first kappa shape index (κ1) is 102. The highest BCUT2D eigenvalue weighted by Gasteiger charge is 2.47. The molecule has 5 heterocycles. The molecule has 0 aliphatic carbocycles. The molecule has 42 nitrogen and oxygen atoms in total. The van der Waals surface area contributed by atoms with Crippen LogP contribution in [0.25, 0.3) is 21.8 Å². The SMILES string of the molecule is CCCC[C@H]1C(=O)N(C)[C@@H](CCCC)C(=O)N[C@@H](CN)C(=O)N[C@H](C(=O)NCC(N)=O)CSCC(=O)N[C@@H](Cc2ccc(O)cc2)C(=O)N(C)[C@@H](C)C(=O)N[C@@H](CC(N)=O)C(=O)N2CCC[C@H]2C(=O)N[C@@H](CN)C(=O)N[C@@H](CCC(=O)O)C(=O)N2C[C@H](O)C[C@H]2C(=O)C[C@@H](Cc2c[nH]c3ccccc23)C(=O)N[C@@H](CCN)C(=O)N[C@@H](Cc2c[nH]c3ccccc23)C(=O)N1C. The number of phenolic OH excluding ortho intramolecular Hbond substituents is 1. The summed E-state index contributed by atoms with van der Waals surface area (Å²) in [7, 11) is 3.89. The van der Waals surface area contributed by atoms with Crippen LogP contribution in [0.5, 0.6) is 5.75 Å². The van der Waals surface area contributed by atoms with Crippen molar-refractivity contribution in [1.29, 1.82) is 0 Å². The molecule has 0 radical (unpaired) electrons. The van der Waals surface area contributed by atoms with Crippen LogP contribution in [0.15, 0.2) is 85.2 Å². The molecule has 3 saturated heterocycles. The Hall–Kier alpha value is -12.6. The number of Topliss-reactive ketones (excluding diaryl/α,β-unsaturated/α-hetero) is 1. The van der Waals surface area contributed by atoms with Crippen molar-refractivity contribution in [2.75, 3.05) is 71.9 Å². The Morgan fingerprint density at radius 3 is 1.67 bits per heavy atom. The number of nitrogens with zero attached hydrogens (tertiary/aromatic N) is 5. The number of aromatic hydroxyl groups is 1. The van der Waals surface area contributed by atoms with E-state index in [2.05, 4.69) is 57.8 Å². The van der Waals surface area contributed by atoms with Gasteiger partial charge in [0, 0.05) is 125 Å². The molecule has 129 heavy (non-hydrogen) atoms. The van der Waals surface area contributed by atoms with Gasteiger partial charge in [-0.1, -0.05) is 88.1 Å². The Labute approximate surface area is 749 Å². The Bertz CT molecular complexity index is 4880. The second-order valence-electron chi connectivity index (χ2n) is 32.7. The minimum atomic E-state index is -1.80. The van der Waals surface area contributed by atoms with Gasteiger partial charge in [0.1, 0.15) is 78.3 Å². The number of para-hydroxylation sites is 2. The number of H-pyrrole nitrogens is 2. The number of hydrogen-bond acceptors (Lipinski definition) is 24. The van der Waals surface area contributed by atoms with Gasteiger partial charge in [0.15, 0.2) is 5.78 Å². The summed E-state index contributed by atoms with van der Waals surface area (Å²) in [5, 5.41) is 55.9. The number of aliphatic hydroxyl groups is 1. The zero-order chi connectivity index (χ0) is 94.6. The maximum atomic E-state index is 15.7. The van der Waals surface area contributed by atoms with E-state index in [9.17, 15) is 72.9 Å². The van der Waals surface area contributed by atoms with Gasteiger partial charge in [-0.25, -0.2) is 0 Å². The van der Waals surface area contributed by atoms with Gasteiger partial charge in [0.25, 0.3) is 0 Å². The molecular weight excluding hydrogens is 1700 g/mol. The molecule has 3 aliphatic rings. The fraction of sp³-hybridized carbons (Fsp3) is 0.535. The van der Waals surface area contributed by atoms with E-state index in [4.69, 9.17) is 28.7 Å². The number of ketones is 1. The smallest absolute Gasteiger partial charge is 0.303 e. The number of carboxylic acids is 1. The number of aliphatic hydroxyl groups excluding tert-OH is 1. The summed E-state index contributed by atoms with van der Waals surface area (Å²) in [5.41, 5.74) is 32.4. The molecule has 8 rings (SSSR count). The largest absolute Gasteiger partial charge is 0.508 e. The van der Waals surface area contributed by atoms with Gasteiger partial charge in [-0.15, -0.1) is 11.8 Å². The van der Waals surface area contributed by atoms with E-state index in [0.29, 0.717) is 64.2 Å². The second kappa shape index (κ2) is 48.5. The number of aliphatic carboxylic acids is 1. The van der Waals surface area contributed by atoms with Crippen molar-refractivity contribution in [2.45, 2.75) is 215 Å². The first-order chi connectivity index (χ1) is 61.4. The minimum absolute atomic E-state index is 0.00616. The molecule has 43 heteroatoms. The third-order valence-electron chi connectivity index (χ3n) is 23.3. The van der Waals surface area contributed by atoms with Gasteiger partial charge in [0.05, 0.1) is 30.9 Å². The molecule has 3 aliphatic heterocycles. The van der Waals surface area contributed by atoms with Crippen LogP contribution in [-0.4, -0.2) is 313 Å². The van der Waals surface area contributed by atoms with Crippen LogP contribution in [0.4, 0.5) is 0 Å². The van der Waals surface area contributed by atoms with Gasteiger partial charge in [0.2, 0.25) is 94.5 Å². The first-order valence-corrected chi connectivity index (χ1v) is 44.2. The number of amides is 16. The third kappa shape index (κ3) is 28.0. The number of rotatable bonds is 24.